The number of halogens is 1. The number of nitrogens with zero attached hydrogens (tertiary/aromatic N) is 1. The molecule has 0 aromatic carbocycles. The molecule has 0 radical (unpaired) electrons. The van der Waals surface area contributed by atoms with Crippen LogP contribution >= 0.6 is 7.60 Å². The zero-order valence-corrected chi connectivity index (χ0v) is 10.1. The van der Waals surface area contributed by atoms with Gasteiger partial charge in [-0.25, -0.2) is 9.14 Å². The van der Waals surface area contributed by atoms with Gasteiger partial charge in [0.25, 0.3) is 5.96 Å². The van der Waals surface area contributed by atoms with E-state index in [1.54, 1.807) is 32.5 Å². The first kappa shape index (κ1) is 15.6. The van der Waals surface area contributed by atoms with Crippen molar-refractivity contribution in [2.45, 2.75) is 13.8 Å². The summed E-state index contributed by atoms with van der Waals surface area (Å²) in [5, 5.41) is 0. The van der Waals surface area contributed by atoms with Gasteiger partial charge >= 0.3 is 7.60 Å². The van der Waals surface area contributed by atoms with Crippen molar-refractivity contribution < 1.29 is 30.6 Å². The predicted octanol–water partition coefficient (Wildman–Crippen LogP) is -1.44. The van der Waals surface area contributed by atoms with E-state index < -0.39 is 7.60 Å². The average molecular weight is 230 g/mol. The maximum atomic E-state index is 11.7. The molecule has 0 rings (SSSR count). The second kappa shape index (κ2) is 7.51. The van der Waals surface area contributed by atoms with Crippen molar-refractivity contribution >= 4 is 13.6 Å². The molecule has 0 fully saturated rings. The number of hydrogen-bond acceptors (Lipinski definition) is 3. The van der Waals surface area contributed by atoms with Gasteiger partial charge < -0.3 is 21.5 Å². The largest absolute Gasteiger partial charge is 1.00 e. The molecule has 0 aliphatic rings. The van der Waals surface area contributed by atoms with Crippen LogP contribution in [0.25, 0.3) is 0 Å². The first-order chi connectivity index (χ1) is 5.54. The van der Waals surface area contributed by atoms with Gasteiger partial charge in [0.1, 0.15) is 14.1 Å². The molecule has 0 saturated heterocycles. The summed E-state index contributed by atoms with van der Waals surface area (Å²) in [6, 6.07) is 0. The molecule has 0 aromatic rings. The van der Waals surface area contributed by atoms with E-state index in [1.807, 2.05) is 0 Å². The lowest BCUT2D eigenvalue weighted by molar-refractivity contribution is -0.457. The first-order valence-corrected chi connectivity index (χ1v) is 5.56. The molecule has 6 heteroatoms. The fourth-order valence-electron chi connectivity index (χ4n) is 0.747. The van der Waals surface area contributed by atoms with Crippen LogP contribution in [-0.4, -0.2) is 37.8 Å². The molecule has 0 N–H and O–H groups in total. The highest BCUT2D eigenvalue weighted by atomic mass is 35.5. The molecule has 4 nitrogen and oxygen atoms in total. The molecule has 0 aliphatic carbocycles. The Kier molecular flexibility index (Phi) is 9.00. The third-order valence-corrected chi connectivity index (χ3v) is 2.97. The second-order valence-corrected chi connectivity index (χ2v) is 4.28. The number of rotatable bonds is 5. The number of hydrogen-bond donors (Lipinski definition) is 0. The zero-order valence-electron chi connectivity index (χ0n) is 8.49. The summed E-state index contributed by atoms with van der Waals surface area (Å²) in [5.74, 6) is 1.47. The first-order valence-electron chi connectivity index (χ1n) is 3.95. The van der Waals surface area contributed by atoms with Gasteiger partial charge in [0.15, 0.2) is 0 Å². The smallest absolute Gasteiger partial charge is 0.416 e. The van der Waals surface area contributed by atoms with Crippen molar-refractivity contribution in [1.82, 2.24) is 0 Å². The molecule has 0 spiro atoms. The minimum absolute atomic E-state index is 0. The minimum atomic E-state index is -2.97. The van der Waals surface area contributed by atoms with Crippen LogP contribution in [0.3, 0.4) is 0 Å². The van der Waals surface area contributed by atoms with E-state index in [4.69, 9.17) is 9.05 Å². The van der Waals surface area contributed by atoms with Crippen molar-refractivity contribution in [3.8, 4) is 0 Å². The SMILES string of the molecule is CCOP(=O)(C=[N+](C)C)OCC.[Cl-]. The summed E-state index contributed by atoms with van der Waals surface area (Å²) in [6.45, 7) is 4.35. The monoisotopic (exact) mass is 229 g/mol. The van der Waals surface area contributed by atoms with Gasteiger partial charge in [-0.15, -0.1) is 0 Å². The average Bonchev–Trinajstić information content (AvgIpc) is 1.85. The lowest BCUT2D eigenvalue weighted by Crippen LogP contribution is -3.00. The molecule has 80 valence electrons. The second-order valence-electron chi connectivity index (χ2n) is 2.45. The Morgan fingerprint density at radius 1 is 1.23 bits per heavy atom. The summed E-state index contributed by atoms with van der Waals surface area (Å²) < 4.78 is 23.4. The van der Waals surface area contributed by atoms with Crippen LogP contribution in [0, 0.1) is 0 Å². The van der Waals surface area contributed by atoms with Crippen molar-refractivity contribution in [2.75, 3.05) is 27.3 Å². The van der Waals surface area contributed by atoms with Crippen LogP contribution in [-0.2, 0) is 13.6 Å². The summed E-state index contributed by atoms with van der Waals surface area (Å²) in [7, 11) is 0.590. The van der Waals surface area contributed by atoms with E-state index in [-0.39, 0.29) is 12.4 Å². The van der Waals surface area contributed by atoms with Crippen molar-refractivity contribution in [3.05, 3.63) is 0 Å². The summed E-state index contributed by atoms with van der Waals surface area (Å²) in [4.78, 5) is 0. The van der Waals surface area contributed by atoms with Crippen LogP contribution in [0.15, 0.2) is 0 Å². The Bertz CT molecular complexity index is 194. The molecule has 0 unspecified atom stereocenters. The third kappa shape index (κ3) is 7.20. The summed E-state index contributed by atoms with van der Waals surface area (Å²) in [5.41, 5.74) is 0. The highest BCUT2D eigenvalue weighted by molar-refractivity contribution is 7.69. The predicted molar refractivity (Wildman–Crippen MR) is 49.0 cm³/mol. The van der Waals surface area contributed by atoms with Gasteiger partial charge in [-0.2, -0.15) is 0 Å². The maximum absolute atomic E-state index is 11.7. The third-order valence-electron chi connectivity index (χ3n) is 0.990. The lowest BCUT2D eigenvalue weighted by atomic mass is 10.9. The van der Waals surface area contributed by atoms with E-state index in [2.05, 4.69) is 0 Å². The Morgan fingerprint density at radius 3 is 1.85 bits per heavy atom. The van der Waals surface area contributed by atoms with Crippen molar-refractivity contribution in [3.63, 3.8) is 0 Å². The molecule has 0 aromatic heterocycles. The Morgan fingerprint density at radius 2 is 1.62 bits per heavy atom. The quantitative estimate of drug-likeness (QED) is 0.329. The Balaban J connectivity index is 0. The van der Waals surface area contributed by atoms with E-state index in [9.17, 15) is 4.57 Å². The highest BCUT2D eigenvalue weighted by Gasteiger charge is 2.24. The van der Waals surface area contributed by atoms with Gasteiger partial charge in [-0.3, -0.25) is 0 Å². The molecule has 0 heterocycles. The van der Waals surface area contributed by atoms with Gasteiger partial charge in [0.2, 0.25) is 0 Å². The molecule has 0 saturated carbocycles. The Labute approximate surface area is 85.9 Å². The lowest BCUT2D eigenvalue weighted by Gasteiger charge is -2.09. The fourth-order valence-corrected chi connectivity index (χ4v) is 2.24. The van der Waals surface area contributed by atoms with Crippen molar-refractivity contribution in [1.29, 1.82) is 0 Å². The highest BCUT2D eigenvalue weighted by Crippen LogP contribution is 2.44. The molecule has 0 aliphatic heterocycles. The molecular formula is C7H17ClNO3P. The topological polar surface area (TPSA) is 38.5 Å². The molecular weight excluding hydrogens is 213 g/mol. The molecule has 13 heavy (non-hydrogen) atoms. The standard InChI is InChI=1S/C7H17NO3P.ClH/c1-5-10-12(9,11-6-2)7-8(3)4;/h7H,5-6H2,1-4H3;1H/q+1;/p-1. The Hall–Kier alpha value is 0.110. The normalized spacial score (nSPS) is 10.5. The van der Waals surface area contributed by atoms with Crippen LogP contribution in [0.4, 0.5) is 0 Å². The molecule has 0 atom stereocenters. The molecule has 0 bridgehead atoms. The van der Waals surface area contributed by atoms with E-state index in [1.165, 1.54) is 5.96 Å². The van der Waals surface area contributed by atoms with E-state index in [0.717, 1.165) is 0 Å². The summed E-state index contributed by atoms with van der Waals surface area (Å²) >= 11 is 0. The summed E-state index contributed by atoms with van der Waals surface area (Å²) in [6.07, 6.45) is 0. The van der Waals surface area contributed by atoms with Crippen LogP contribution in [0.2, 0.25) is 0 Å². The van der Waals surface area contributed by atoms with Gasteiger partial charge in [-0.1, -0.05) is 0 Å². The van der Waals surface area contributed by atoms with Crippen molar-refractivity contribution in [2.24, 2.45) is 0 Å². The van der Waals surface area contributed by atoms with Crippen LogP contribution in [0.5, 0.6) is 0 Å². The van der Waals surface area contributed by atoms with Gasteiger partial charge in [0, 0.05) is 0 Å². The zero-order chi connectivity index (χ0) is 9.61. The van der Waals surface area contributed by atoms with Gasteiger partial charge in [0.05, 0.1) is 13.2 Å². The van der Waals surface area contributed by atoms with Crippen LogP contribution in [0.1, 0.15) is 13.8 Å². The fraction of sp³-hybridized carbons (Fsp3) is 0.857. The molecule has 0 amide bonds. The van der Waals surface area contributed by atoms with Crippen LogP contribution < -0.4 is 12.4 Å². The van der Waals surface area contributed by atoms with Gasteiger partial charge in [-0.05, 0) is 13.8 Å². The maximum Gasteiger partial charge on any atom is 0.416 e. The minimum Gasteiger partial charge on any atom is -1.00 e. The van der Waals surface area contributed by atoms with E-state index in [0.29, 0.717) is 13.2 Å². The van der Waals surface area contributed by atoms with E-state index >= 15 is 0 Å².